The molecule has 4 aliphatic rings. The highest BCUT2D eigenvalue weighted by atomic mass is 31.2. The fraction of sp³-hybridized carbons (Fsp3) is 0.400. The first-order valence-electron chi connectivity index (χ1n) is 14.2. The van der Waals surface area contributed by atoms with E-state index >= 15 is 0 Å². The molecule has 0 saturated heterocycles. The Kier molecular flexibility index (Phi) is 9.86. The molecule has 1 aliphatic carbocycles. The Morgan fingerprint density at radius 1 is 0.429 bits per heavy atom. The topological polar surface area (TPSA) is 83.1 Å². The zero-order valence-electron chi connectivity index (χ0n) is 23.0. The third-order valence-corrected chi connectivity index (χ3v) is 11.0. The summed E-state index contributed by atoms with van der Waals surface area (Å²) in [6, 6.07) is 24.4. The molecule has 3 aromatic rings. The van der Waals surface area contributed by atoms with Gasteiger partial charge in [-0.05, 0) is 52.6 Å². The van der Waals surface area contributed by atoms with E-state index in [9.17, 15) is 0 Å². The summed E-state index contributed by atoms with van der Waals surface area (Å²) >= 11 is 0. The Balaban J connectivity index is 1.06. The molecule has 1 fully saturated rings. The predicted molar refractivity (Wildman–Crippen MR) is 157 cm³/mol. The Morgan fingerprint density at radius 3 is 1.02 bits per heavy atom. The van der Waals surface area contributed by atoms with Crippen molar-refractivity contribution in [3.63, 3.8) is 0 Å². The first-order chi connectivity index (χ1) is 20.8. The normalized spacial score (nSPS) is 24.6. The van der Waals surface area contributed by atoms with Crippen molar-refractivity contribution in [3.05, 3.63) is 106 Å². The van der Waals surface area contributed by atoms with Crippen LogP contribution >= 0.6 is 25.8 Å². The van der Waals surface area contributed by atoms with Crippen LogP contribution in [0, 0.1) is 0 Å². The number of benzene rings is 3. The van der Waals surface area contributed by atoms with Gasteiger partial charge < -0.3 is 40.7 Å². The van der Waals surface area contributed by atoms with Crippen LogP contribution in [-0.2, 0) is 80.4 Å². The lowest BCUT2D eigenvalue weighted by Gasteiger charge is -2.39. The quantitative estimate of drug-likeness (QED) is 0.250. The lowest BCUT2D eigenvalue weighted by molar-refractivity contribution is -0.0716. The van der Waals surface area contributed by atoms with E-state index in [0.717, 1.165) is 52.6 Å². The number of hydrogen-bond donors (Lipinski definition) is 0. The van der Waals surface area contributed by atoms with E-state index in [1.54, 1.807) is 0 Å². The fourth-order valence-corrected chi connectivity index (χ4v) is 8.73. The highest BCUT2D eigenvalue weighted by molar-refractivity contribution is 7.42. The maximum absolute atomic E-state index is 6.61. The van der Waals surface area contributed by atoms with Gasteiger partial charge in [-0.3, -0.25) is 0 Å². The lowest BCUT2D eigenvalue weighted by Crippen LogP contribution is -2.44. The second-order valence-corrected chi connectivity index (χ2v) is 13.9. The van der Waals surface area contributed by atoms with E-state index < -0.39 is 31.9 Å². The third-order valence-electron chi connectivity index (χ3n) is 7.67. The van der Waals surface area contributed by atoms with Gasteiger partial charge >= 0.3 is 25.8 Å². The fourth-order valence-electron chi connectivity index (χ4n) is 5.31. The van der Waals surface area contributed by atoms with E-state index in [1.807, 2.05) is 36.4 Å². The summed E-state index contributed by atoms with van der Waals surface area (Å²) in [5.74, 6) is 0. The Labute approximate surface area is 249 Å². The van der Waals surface area contributed by atoms with Crippen LogP contribution in [0.2, 0.25) is 0 Å². The van der Waals surface area contributed by atoms with Gasteiger partial charge in [-0.2, -0.15) is 0 Å². The molecule has 0 unspecified atom stereocenters. The van der Waals surface area contributed by atoms with Crippen LogP contribution in [0.5, 0.6) is 0 Å². The molecule has 7 rings (SSSR count). The molecule has 42 heavy (non-hydrogen) atoms. The van der Waals surface area contributed by atoms with Crippen LogP contribution in [0.4, 0.5) is 0 Å². The number of hydrogen-bond acceptors (Lipinski definition) is 9. The van der Waals surface area contributed by atoms with Crippen molar-refractivity contribution < 1.29 is 40.7 Å². The minimum Gasteiger partial charge on any atom is -0.307 e. The van der Waals surface area contributed by atoms with Crippen LogP contribution < -0.4 is 0 Å². The van der Waals surface area contributed by atoms with Gasteiger partial charge in [0, 0.05) is 0 Å². The van der Waals surface area contributed by atoms with Crippen molar-refractivity contribution in [1.82, 2.24) is 0 Å². The van der Waals surface area contributed by atoms with Crippen molar-refractivity contribution >= 4 is 25.8 Å². The van der Waals surface area contributed by atoms with Crippen molar-refractivity contribution in [2.45, 2.75) is 77.2 Å². The molecule has 222 valence electrons. The maximum Gasteiger partial charge on any atom is 0.333 e. The average Bonchev–Trinajstić information content (AvgIpc) is 3.46. The van der Waals surface area contributed by atoms with Gasteiger partial charge in [-0.15, -0.1) is 0 Å². The summed E-state index contributed by atoms with van der Waals surface area (Å²) < 4.78 is 56.3. The molecule has 3 aromatic carbocycles. The minimum atomic E-state index is -1.66. The Hall–Kier alpha value is -1.41. The van der Waals surface area contributed by atoms with E-state index in [0.29, 0.717) is 39.6 Å². The third kappa shape index (κ3) is 7.11. The molecule has 0 aromatic heterocycles. The van der Waals surface area contributed by atoms with E-state index in [4.69, 9.17) is 40.7 Å². The number of fused-ring (bicyclic) bond motifs is 3. The van der Waals surface area contributed by atoms with Crippen molar-refractivity contribution in [1.29, 1.82) is 0 Å². The first kappa shape index (κ1) is 29.3. The molecule has 0 spiro atoms. The van der Waals surface area contributed by atoms with Crippen LogP contribution in [0.15, 0.2) is 72.8 Å². The number of rotatable bonds is 6. The van der Waals surface area contributed by atoms with Crippen LogP contribution in [0.1, 0.15) is 52.6 Å². The van der Waals surface area contributed by atoms with Crippen molar-refractivity contribution in [3.8, 4) is 0 Å². The average molecular weight is 631 g/mol. The Morgan fingerprint density at radius 2 is 0.714 bits per heavy atom. The van der Waals surface area contributed by atoms with E-state index in [2.05, 4.69) is 36.4 Å². The first-order valence-corrected chi connectivity index (χ1v) is 17.5. The van der Waals surface area contributed by atoms with Gasteiger partial charge in [0.05, 0.1) is 51.8 Å². The molecule has 0 bridgehead atoms. The van der Waals surface area contributed by atoms with Gasteiger partial charge in [0.1, 0.15) is 6.10 Å². The van der Waals surface area contributed by atoms with E-state index in [-0.39, 0.29) is 12.2 Å². The molecule has 0 radical (unpaired) electrons. The second kappa shape index (κ2) is 14.1. The highest BCUT2D eigenvalue weighted by Crippen LogP contribution is 2.54. The summed E-state index contributed by atoms with van der Waals surface area (Å²) in [6.45, 7) is 2.57. The highest BCUT2D eigenvalue weighted by Gasteiger charge is 2.43. The molecule has 0 amide bonds. The zero-order chi connectivity index (χ0) is 28.1. The van der Waals surface area contributed by atoms with Gasteiger partial charge in [-0.1, -0.05) is 72.8 Å². The summed E-state index contributed by atoms with van der Waals surface area (Å²) in [7, 11) is -4.87. The van der Waals surface area contributed by atoms with Gasteiger partial charge in [-0.25, -0.2) is 0 Å². The standard InChI is InChI=1S/C30H33O9P3/c1-2-9-23-17-32-40(31-16-22(23)8-1)37-28-14-7-15-29(38-41-33-18-24-10-3-4-11-25(24)19-34-41)30(28)39-42-35-20-26-12-5-6-13-27(26)21-36-42/h1-6,8-13,28-30H,7,14-21H2/t28-,29-/m1/s1. The minimum absolute atomic E-state index is 0.351. The molecule has 1 saturated carbocycles. The zero-order valence-corrected chi connectivity index (χ0v) is 25.7. The molecule has 9 nitrogen and oxygen atoms in total. The summed E-state index contributed by atoms with van der Waals surface area (Å²) in [5, 5.41) is 0. The summed E-state index contributed by atoms with van der Waals surface area (Å²) in [4.78, 5) is 0. The van der Waals surface area contributed by atoms with Crippen LogP contribution in [-0.4, -0.2) is 18.3 Å². The predicted octanol–water partition coefficient (Wildman–Crippen LogP) is 8.25. The van der Waals surface area contributed by atoms with E-state index in [1.165, 1.54) is 0 Å². The molecule has 2 atom stereocenters. The second-order valence-electron chi connectivity index (χ2n) is 10.4. The summed E-state index contributed by atoms with van der Waals surface area (Å²) in [6.07, 6.45) is 1.21. The molecule has 3 heterocycles. The van der Waals surface area contributed by atoms with Crippen molar-refractivity contribution in [2.24, 2.45) is 0 Å². The molecule has 0 N–H and O–H groups in total. The van der Waals surface area contributed by atoms with Crippen molar-refractivity contribution in [2.75, 3.05) is 0 Å². The molecule has 12 heteroatoms. The SMILES string of the molecule is c1ccc2c(c1)COP(OC1[C@H](OP3OCc4ccccc4CO3)CCC[C@H]1OP1OCc3ccccc3CO1)OC2. The van der Waals surface area contributed by atoms with Gasteiger partial charge in [0.2, 0.25) is 0 Å². The smallest absolute Gasteiger partial charge is 0.307 e. The summed E-state index contributed by atoms with van der Waals surface area (Å²) in [5.41, 5.74) is 6.64. The lowest BCUT2D eigenvalue weighted by atomic mass is 9.92. The molecular weight excluding hydrogens is 597 g/mol. The monoisotopic (exact) mass is 630 g/mol. The molecular formula is C30H33O9P3. The Bertz CT molecular complexity index is 1200. The van der Waals surface area contributed by atoms with Gasteiger partial charge in [0.15, 0.2) is 0 Å². The van der Waals surface area contributed by atoms with Crippen LogP contribution in [0.25, 0.3) is 0 Å². The largest absolute Gasteiger partial charge is 0.333 e. The van der Waals surface area contributed by atoms with Gasteiger partial charge in [0.25, 0.3) is 0 Å². The van der Waals surface area contributed by atoms with Crippen LogP contribution in [0.3, 0.4) is 0 Å². The maximum atomic E-state index is 6.61. The molecule has 3 aliphatic heterocycles.